The van der Waals surface area contributed by atoms with Gasteiger partial charge in [0.15, 0.2) is 0 Å². The van der Waals surface area contributed by atoms with Crippen LogP contribution in [-0.4, -0.2) is 44.6 Å². The second-order valence-electron chi connectivity index (χ2n) is 5.37. The van der Waals surface area contributed by atoms with E-state index in [1.807, 2.05) is 33.2 Å². The van der Waals surface area contributed by atoms with E-state index in [2.05, 4.69) is 10.2 Å². The summed E-state index contributed by atoms with van der Waals surface area (Å²) in [4.78, 5) is 13.7. The van der Waals surface area contributed by atoms with Crippen molar-refractivity contribution in [2.45, 2.75) is 26.2 Å². The minimum Gasteiger partial charge on any atom is -0.493 e. The third-order valence-electron chi connectivity index (χ3n) is 3.05. The van der Waals surface area contributed by atoms with E-state index in [9.17, 15) is 4.79 Å². The lowest BCUT2D eigenvalue weighted by Gasteiger charge is -2.11. The van der Waals surface area contributed by atoms with Gasteiger partial charge in [-0.05, 0) is 64.2 Å². The Balaban J connectivity index is 2.12. The summed E-state index contributed by atoms with van der Waals surface area (Å²) >= 11 is 5.89. The smallest absolute Gasteiger partial charge is 0.220 e. The molecule has 21 heavy (non-hydrogen) atoms. The van der Waals surface area contributed by atoms with E-state index < -0.39 is 0 Å². The zero-order valence-electron chi connectivity index (χ0n) is 13.1. The standard InChI is InChI=1S/C16H25ClN2O2/c1-13-12-14(17)7-8-15(13)21-11-4-6-16(20)18-9-5-10-19(2)3/h7-8,12H,4-6,9-11H2,1-3H3,(H,18,20). The number of rotatable bonds is 9. The summed E-state index contributed by atoms with van der Waals surface area (Å²) in [5.41, 5.74) is 1.01. The van der Waals surface area contributed by atoms with Gasteiger partial charge in [-0.25, -0.2) is 0 Å². The van der Waals surface area contributed by atoms with Crippen molar-refractivity contribution in [2.75, 3.05) is 33.8 Å². The van der Waals surface area contributed by atoms with Crippen molar-refractivity contribution >= 4 is 17.5 Å². The SMILES string of the molecule is Cc1cc(Cl)ccc1OCCCC(=O)NCCCN(C)C. The lowest BCUT2D eigenvalue weighted by Crippen LogP contribution is -2.27. The summed E-state index contributed by atoms with van der Waals surface area (Å²) < 4.78 is 5.65. The van der Waals surface area contributed by atoms with Crippen molar-refractivity contribution in [3.05, 3.63) is 28.8 Å². The number of carbonyl (C=O) groups is 1. The Bertz CT molecular complexity index is 450. The molecule has 0 heterocycles. The molecule has 1 aromatic rings. The molecule has 0 saturated carbocycles. The number of halogens is 1. The van der Waals surface area contributed by atoms with Crippen molar-refractivity contribution in [1.82, 2.24) is 10.2 Å². The maximum atomic E-state index is 11.6. The summed E-state index contributed by atoms with van der Waals surface area (Å²) in [6.07, 6.45) is 2.18. The van der Waals surface area contributed by atoms with E-state index in [0.717, 1.165) is 30.8 Å². The highest BCUT2D eigenvalue weighted by molar-refractivity contribution is 6.30. The summed E-state index contributed by atoms with van der Waals surface area (Å²) in [7, 11) is 4.05. The minimum absolute atomic E-state index is 0.0881. The molecule has 0 fully saturated rings. The Kier molecular flexibility index (Phi) is 8.16. The van der Waals surface area contributed by atoms with Crippen LogP contribution >= 0.6 is 11.6 Å². The van der Waals surface area contributed by atoms with Crippen LogP contribution in [-0.2, 0) is 4.79 Å². The third kappa shape index (κ3) is 7.93. The largest absolute Gasteiger partial charge is 0.493 e. The summed E-state index contributed by atoms with van der Waals surface area (Å²) in [6.45, 7) is 4.21. The molecule has 0 radical (unpaired) electrons. The fraction of sp³-hybridized carbons (Fsp3) is 0.562. The van der Waals surface area contributed by atoms with Gasteiger partial charge in [0.2, 0.25) is 5.91 Å². The fourth-order valence-electron chi connectivity index (χ4n) is 1.90. The second kappa shape index (κ2) is 9.64. The molecule has 0 saturated heterocycles. The predicted molar refractivity (Wildman–Crippen MR) is 87.1 cm³/mol. The van der Waals surface area contributed by atoms with Crippen molar-refractivity contribution in [3.8, 4) is 5.75 Å². The van der Waals surface area contributed by atoms with Crippen LogP contribution in [0.2, 0.25) is 5.02 Å². The zero-order valence-corrected chi connectivity index (χ0v) is 13.9. The average molecular weight is 313 g/mol. The Morgan fingerprint density at radius 1 is 1.33 bits per heavy atom. The number of carbonyl (C=O) groups excluding carboxylic acids is 1. The van der Waals surface area contributed by atoms with Crippen molar-refractivity contribution in [3.63, 3.8) is 0 Å². The second-order valence-corrected chi connectivity index (χ2v) is 5.81. The average Bonchev–Trinajstić information content (AvgIpc) is 2.41. The quantitative estimate of drug-likeness (QED) is 0.713. The van der Waals surface area contributed by atoms with Crippen LogP contribution in [0.15, 0.2) is 18.2 Å². The van der Waals surface area contributed by atoms with Gasteiger partial charge in [0, 0.05) is 18.0 Å². The summed E-state index contributed by atoms with van der Waals surface area (Å²) in [5.74, 6) is 0.913. The minimum atomic E-state index is 0.0881. The van der Waals surface area contributed by atoms with Crippen LogP contribution in [0.1, 0.15) is 24.8 Å². The molecule has 118 valence electrons. The van der Waals surface area contributed by atoms with Gasteiger partial charge in [0.05, 0.1) is 6.61 Å². The Hall–Kier alpha value is -1.26. The third-order valence-corrected chi connectivity index (χ3v) is 3.28. The lowest BCUT2D eigenvalue weighted by atomic mass is 10.2. The molecule has 0 atom stereocenters. The molecule has 1 rings (SSSR count). The normalized spacial score (nSPS) is 10.7. The maximum Gasteiger partial charge on any atom is 0.220 e. The first kappa shape index (κ1) is 17.8. The van der Waals surface area contributed by atoms with Crippen molar-refractivity contribution in [1.29, 1.82) is 0 Å². The van der Waals surface area contributed by atoms with Gasteiger partial charge in [-0.2, -0.15) is 0 Å². The lowest BCUT2D eigenvalue weighted by molar-refractivity contribution is -0.121. The number of benzene rings is 1. The van der Waals surface area contributed by atoms with E-state index in [0.29, 0.717) is 24.5 Å². The van der Waals surface area contributed by atoms with E-state index in [4.69, 9.17) is 16.3 Å². The van der Waals surface area contributed by atoms with Crippen LogP contribution in [0.25, 0.3) is 0 Å². The Morgan fingerprint density at radius 2 is 2.10 bits per heavy atom. The number of aryl methyl sites for hydroxylation is 1. The van der Waals surface area contributed by atoms with Crippen LogP contribution in [0.5, 0.6) is 5.75 Å². The first-order valence-corrected chi connectivity index (χ1v) is 7.67. The van der Waals surface area contributed by atoms with Gasteiger partial charge in [-0.1, -0.05) is 11.6 Å². The molecule has 0 aliphatic rings. The molecule has 1 aromatic carbocycles. The van der Waals surface area contributed by atoms with E-state index in [1.165, 1.54) is 0 Å². The van der Waals surface area contributed by atoms with E-state index >= 15 is 0 Å². The molecule has 0 aliphatic heterocycles. The topological polar surface area (TPSA) is 41.6 Å². The molecule has 1 amide bonds. The van der Waals surface area contributed by atoms with Gasteiger partial charge in [-0.3, -0.25) is 4.79 Å². The van der Waals surface area contributed by atoms with Crippen LogP contribution in [0.3, 0.4) is 0 Å². The molecule has 5 heteroatoms. The van der Waals surface area contributed by atoms with Gasteiger partial charge < -0.3 is 15.0 Å². The molecule has 0 bridgehead atoms. The predicted octanol–water partition coefficient (Wildman–Crippen LogP) is 2.88. The van der Waals surface area contributed by atoms with E-state index in [-0.39, 0.29) is 5.91 Å². The van der Waals surface area contributed by atoms with Crippen LogP contribution in [0.4, 0.5) is 0 Å². The molecule has 1 N–H and O–H groups in total. The van der Waals surface area contributed by atoms with Gasteiger partial charge in [0.25, 0.3) is 0 Å². The number of hydrogen-bond acceptors (Lipinski definition) is 3. The van der Waals surface area contributed by atoms with Crippen molar-refractivity contribution < 1.29 is 9.53 Å². The zero-order chi connectivity index (χ0) is 15.7. The molecule has 0 unspecified atom stereocenters. The van der Waals surface area contributed by atoms with Crippen LogP contribution in [0, 0.1) is 6.92 Å². The monoisotopic (exact) mass is 312 g/mol. The number of nitrogens with zero attached hydrogens (tertiary/aromatic N) is 1. The maximum absolute atomic E-state index is 11.6. The highest BCUT2D eigenvalue weighted by Gasteiger charge is 2.03. The highest BCUT2D eigenvalue weighted by atomic mass is 35.5. The van der Waals surface area contributed by atoms with Gasteiger partial charge in [0.1, 0.15) is 5.75 Å². The molecule has 0 aromatic heterocycles. The summed E-state index contributed by atoms with van der Waals surface area (Å²) in [5, 5.41) is 3.62. The number of nitrogens with one attached hydrogen (secondary N) is 1. The molecule has 0 aliphatic carbocycles. The van der Waals surface area contributed by atoms with E-state index in [1.54, 1.807) is 6.07 Å². The fourth-order valence-corrected chi connectivity index (χ4v) is 2.13. The Labute approximate surface area is 132 Å². The molecule has 4 nitrogen and oxygen atoms in total. The Morgan fingerprint density at radius 3 is 2.76 bits per heavy atom. The first-order valence-electron chi connectivity index (χ1n) is 7.29. The molecule has 0 spiro atoms. The highest BCUT2D eigenvalue weighted by Crippen LogP contribution is 2.21. The number of amides is 1. The van der Waals surface area contributed by atoms with Crippen molar-refractivity contribution in [2.24, 2.45) is 0 Å². The summed E-state index contributed by atoms with van der Waals surface area (Å²) in [6, 6.07) is 5.54. The van der Waals surface area contributed by atoms with Crippen LogP contribution < -0.4 is 10.1 Å². The van der Waals surface area contributed by atoms with Gasteiger partial charge >= 0.3 is 0 Å². The van der Waals surface area contributed by atoms with Gasteiger partial charge in [-0.15, -0.1) is 0 Å². The molecular formula is C16H25ClN2O2. The number of ether oxygens (including phenoxy) is 1. The first-order chi connectivity index (χ1) is 9.99. The molecular weight excluding hydrogens is 288 g/mol. The number of hydrogen-bond donors (Lipinski definition) is 1.